The standard InChI is InChI=1S/C19H25ClN4O3/c1-4-27-17(25)13-24-16(20)11-21-18(19(24)26)22-15(12-23(2)3)10-14-8-6-5-7-9-14/h5-9,11,15H,4,10,12-13H2,1-3H3,(H,21,22). The number of nitrogens with one attached hydrogen (secondary N) is 1. The minimum absolute atomic E-state index is 0.0418. The first-order valence-corrected chi connectivity index (χ1v) is 9.14. The van der Waals surface area contributed by atoms with Crippen molar-refractivity contribution in [3.8, 4) is 0 Å². The Morgan fingerprint density at radius 1 is 1.33 bits per heavy atom. The highest BCUT2D eigenvalue weighted by Crippen LogP contribution is 2.11. The fraction of sp³-hybridized carbons (Fsp3) is 0.421. The SMILES string of the molecule is CCOC(=O)Cn1c(Cl)cnc(NC(Cc2ccccc2)CN(C)C)c1=O. The summed E-state index contributed by atoms with van der Waals surface area (Å²) in [5.41, 5.74) is 0.699. The summed E-state index contributed by atoms with van der Waals surface area (Å²) >= 11 is 6.05. The molecule has 146 valence electrons. The van der Waals surface area contributed by atoms with Crippen molar-refractivity contribution >= 4 is 23.4 Å². The Kier molecular flexibility index (Phi) is 7.82. The summed E-state index contributed by atoms with van der Waals surface area (Å²) in [4.78, 5) is 30.7. The van der Waals surface area contributed by atoms with Gasteiger partial charge < -0.3 is 15.0 Å². The van der Waals surface area contributed by atoms with E-state index in [4.69, 9.17) is 16.3 Å². The number of benzene rings is 1. The van der Waals surface area contributed by atoms with Gasteiger partial charge in [-0.05, 0) is 33.0 Å². The molecular formula is C19H25ClN4O3. The maximum atomic E-state index is 12.7. The van der Waals surface area contributed by atoms with Gasteiger partial charge in [-0.15, -0.1) is 0 Å². The van der Waals surface area contributed by atoms with Crippen LogP contribution in [-0.4, -0.2) is 53.7 Å². The Morgan fingerprint density at radius 3 is 2.67 bits per heavy atom. The van der Waals surface area contributed by atoms with Crippen molar-refractivity contribution in [1.82, 2.24) is 14.5 Å². The van der Waals surface area contributed by atoms with Crippen molar-refractivity contribution in [2.24, 2.45) is 0 Å². The second-order valence-corrected chi connectivity index (χ2v) is 6.81. The highest BCUT2D eigenvalue weighted by atomic mass is 35.5. The van der Waals surface area contributed by atoms with E-state index in [1.165, 1.54) is 6.20 Å². The lowest BCUT2D eigenvalue weighted by molar-refractivity contribution is -0.143. The van der Waals surface area contributed by atoms with Crippen LogP contribution in [0.5, 0.6) is 0 Å². The number of anilines is 1. The van der Waals surface area contributed by atoms with Gasteiger partial charge in [0, 0.05) is 12.6 Å². The molecule has 0 saturated heterocycles. The normalized spacial score (nSPS) is 12.0. The molecule has 0 fully saturated rings. The average Bonchev–Trinajstić information content (AvgIpc) is 2.61. The number of hydrogen-bond donors (Lipinski definition) is 1. The molecule has 2 aromatic rings. The van der Waals surface area contributed by atoms with Crippen molar-refractivity contribution in [2.45, 2.75) is 25.9 Å². The molecule has 1 N–H and O–H groups in total. The highest BCUT2D eigenvalue weighted by Gasteiger charge is 2.17. The van der Waals surface area contributed by atoms with Gasteiger partial charge in [0.1, 0.15) is 11.7 Å². The number of likely N-dealkylation sites (N-methyl/N-ethyl adjacent to an activating group) is 1. The maximum Gasteiger partial charge on any atom is 0.326 e. The third-order valence-electron chi connectivity index (χ3n) is 3.85. The molecule has 0 radical (unpaired) electrons. The minimum Gasteiger partial charge on any atom is -0.465 e. The van der Waals surface area contributed by atoms with E-state index in [2.05, 4.69) is 10.3 Å². The average molecular weight is 393 g/mol. The van der Waals surface area contributed by atoms with Crippen LogP contribution in [0, 0.1) is 0 Å². The van der Waals surface area contributed by atoms with Crippen LogP contribution < -0.4 is 10.9 Å². The van der Waals surface area contributed by atoms with Gasteiger partial charge in [0.25, 0.3) is 5.56 Å². The predicted octanol–water partition coefficient (Wildman–Crippen LogP) is 2.04. The molecule has 1 unspecified atom stereocenters. The van der Waals surface area contributed by atoms with E-state index >= 15 is 0 Å². The first-order valence-electron chi connectivity index (χ1n) is 8.76. The first-order chi connectivity index (χ1) is 12.9. The summed E-state index contributed by atoms with van der Waals surface area (Å²) in [6.45, 7) is 2.40. The Labute approximate surface area is 163 Å². The van der Waals surface area contributed by atoms with Crippen molar-refractivity contribution in [2.75, 3.05) is 32.6 Å². The van der Waals surface area contributed by atoms with Gasteiger partial charge in [-0.3, -0.25) is 14.2 Å². The summed E-state index contributed by atoms with van der Waals surface area (Å²) in [5.74, 6) is -0.362. The zero-order valence-electron chi connectivity index (χ0n) is 15.8. The monoisotopic (exact) mass is 392 g/mol. The molecule has 0 aliphatic rings. The fourth-order valence-corrected chi connectivity index (χ4v) is 2.93. The van der Waals surface area contributed by atoms with E-state index in [0.29, 0.717) is 6.54 Å². The van der Waals surface area contributed by atoms with Gasteiger partial charge in [0.05, 0.1) is 12.8 Å². The molecule has 2 rings (SSSR count). The Morgan fingerprint density at radius 2 is 2.04 bits per heavy atom. The molecule has 0 aliphatic heterocycles. The molecule has 27 heavy (non-hydrogen) atoms. The molecule has 0 amide bonds. The van der Waals surface area contributed by atoms with Crippen molar-refractivity contribution in [3.05, 3.63) is 57.6 Å². The van der Waals surface area contributed by atoms with Gasteiger partial charge in [-0.1, -0.05) is 41.9 Å². The molecule has 0 spiro atoms. The van der Waals surface area contributed by atoms with E-state index in [1.54, 1.807) is 6.92 Å². The van der Waals surface area contributed by atoms with Crippen LogP contribution in [-0.2, 0) is 22.5 Å². The van der Waals surface area contributed by atoms with Crippen LogP contribution in [0.2, 0.25) is 5.15 Å². The van der Waals surface area contributed by atoms with E-state index in [1.807, 2.05) is 49.3 Å². The van der Waals surface area contributed by atoms with Crippen LogP contribution in [0.1, 0.15) is 12.5 Å². The number of carbonyl (C=O) groups is 1. The molecule has 0 saturated carbocycles. The van der Waals surface area contributed by atoms with E-state index < -0.39 is 11.5 Å². The topological polar surface area (TPSA) is 76.5 Å². The number of esters is 1. The van der Waals surface area contributed by atoms with Crippen LogP contribution in [0.25, 0.3) is 0 Å². The summed E-state index contributed by atoms with van der Waals surface area (Å²) in [6.07, 6.45) is 2.08. The molecule has 0 bridgehead atoms. The lowest BCUT2D eigenvalue weighted by Gasteiger charge is -2.23. The van der Waals surface area contributed by atoms with E-state index in [-0.39, 0.29) is 30.2 Å². The summed E-state index contributed by atoms with van der Waals surface area (Å²) in [5, 5.41) is 3.29. The molecule has 1 aromatic carbocycles. The number of nitrogens with zero attached hydrogens (tertiary/aromatic N) is 3. The van der Waals surface area contributed by atoms with Crippen molar-refractivity contribution < 1.29 is 9.53 Å². The van der Waals surface area contributed by atoms with E-state index in [0.717, 1.165) is 16.6 Å². The molecule has 1 atom stereocenters. The smallest absolute Gasteiger partial charge is 0.326 e. The first kappa shape index (κ1) is 20.9. The van der Waals surface area contributed by atoms with Gasteiger partial charge in [-0.25, -0.2) is 4.98 Å². The molecule has 1 aromatic heterocycles. The number of carbonyl (C=O) groups excluding carboxylic acids is 1. The van der Waals surface area contributed by atoms with Crippen LogP contribution in [0.4, 0.5) is 5.82 Å². The van der Waals surface area contributed by atoms with Crippen LogP contribution >= 0.6 is 11.6 Å². The number of ether oxygens (including phenoxy) is 1. The number of aromatic nitrogens is 2. The Bertz CT molecular complexity index is 808. The maximum absolute atomic E-state index is 12.7. The van der Waals surface area contributed by atoms with Gasteiger partial charge in [-0.2, -0.15) is 0 Å². The summed E-state index contributed by atoms with van der Waals surface area (Å²) in [6, 6.07) is 9.97. The number of halogens is 1. The molecular weight excluding hydrogens is 368 g/mol. The quantitative estimate of drug-likeness (QED) is 0.658. The van der Waals surface area contributed by atoms with Gasteiger partial charge >= 0.3 is 5.97 Å². The highest BCUT2D eigenvalue weighted by molar-refractivity contribution is 6.29. The zero-order valence-corrected chi connectivity index (χ0v) is 16.6. The predicted molar refractivity (Wildman–Crippen MR) is 106 cm³/mol. The zero-order chi connectivity index (χ0) is 19.8. The van der Waals surface area contributed by atoms with Crippen molar-refractivity contribution in [1.29, 1.82) is 0 Å². The van der Waals surface area contributed by atoms with Crippen LogP contribution in [0.3, 0.4) is 0 Å². The number of hydrogen-bond acceptors (Lipinski definition) is 6. The fourth-order valence-electron chi connectivity index (χ4n) is 2.74. The largest absolute Gasteiger partial charge is 0.465 e. The second-order valence-electron chi connectivity index (χ2n) is 6.42. The second kappa shape index (κ2) is 10.1. The summed E-state index contributed by atoms with van der Waals surface area (Å²) < 4.78 is 6.06. The lowest BCUT2D eigenvalue weighted by atomic mass is 10.1. The molecule has 8 heteroatoms. The van der Waals surface area contributed by atoms with E-state index in [9.17, 15) is 9.59 Å². The van der Waals surface area contributed by atoms with Crippen molar-refractivity contribution in [3.63, 3.8) is 0 Å². The third kappa shape index (κ3) is 6.37. The Balaban J connectivity index is 2.23. The summed E-state index contributed by atoms with van der Waals surface area (Å²) in [7, 11) is 3.93. The van der Waals surface area contributed by atoms with Gasteiger partial charge in [0.2, 0.25) is 0 Å². The third-order valence-corrected chi connectivity index (χ3v) is 4.15. The Hall–Kier alpha value is -2.38. The molecule has 0 aliphatic carbocycles. The molecule has 1 heterocycles. The van der Waals surface area contributed by atoms with Gasteiger partial charge in [0.15, 0.2) is 5.82 Å². The lowest BCUT2D eigenvalue weighted by Crippen LogP contribution is -2.38. The molecule has 7 nitrogen and oxygen atoms in total. The van der Waals surface area contributed by atoms with Crippen LogP contribution in [0.15, 0.2) is 41.3 Å². The minimum atomic E-state index is -0.521. The number of rotatable bonds is 9.